The summed E-state index contributed by atoms with van der Waals surface area (Å²) >= 11 is 1.48. The van der Waals surface area contributed by atoms with Gasteiger partial charge in [0.15, 0.2) is 5.16 Å². The van der Waals surface area contributed by atoms with Gasteiger partial charge in [-0.1, -0.05) is 37.1 Å². The van der Waals surface area contributed by atoms with Gasteiger partial charge in [-0.15, -0.1) is 16.8 Å². The van der Waals surface area contributed by atoms with Crippen LogP contribution in [0.25, 0.3) is 0 Å². The van der Waals surface area contributed by atoms with Gasteiger partial charge in [-0.25, -0.2) is 0 Å². The topological polar surface area (TPSA) is 57.0 Å². The number of allylic oxidation sites excluding steroid dienone is 1. The van der Waals surface area contributed by atoms with Crippen molar-refractivity contribution in [2.75, 3.05) is 6.61 Å². The molecule has 3 rings (SSSR count). The highest BCUT2D eigenvalue weighted by atomic mass is 32.2. The third kappa shape index (κ3) is 3.15. The van der Waals surface area contributed by atoms with Crippen LogP contribution in [-0.2, 0) is 16.1 Å². The fraction of sp³-hybridized carbons (Fsp3) is 0.667. The molecule has 1 aliphatic carbocycles. The van der Waals surface area contributed by atoms with Gasteiger partial charge in [0.05, 0.1) is 6.61 Å². The maximum atomic E-state index is 11.6. The molecule has 0 radical (unpaired) electrons. The molecule has 0 spiro atoms. The van der Waals surface area contributed by atoms with Gasteiger partial charge in [0.25, 0.3) is 0 Å². The number of ether oxygens (including phenoxy) is 1. The second-order valence-electron chi connectivity index (χ2n) is 5.64. The summed E-state index contributed by atoms with van der Waals surface area (Å²) in [6.45, 7) is 5.05. The van der Waals surface area contributed by atoms with Gasteiger partial charge in [-0.3, -0.25) is 4.79 Å². The van der Waals surface area contributed by atoms with Crippen molar-refractivity contribution in [2.24, 2.45) is 0 Å². The van der Waals surface area contributed by atoms with Crippen molar-refractivity contribution in [1.82, 2.24) is 14.8 Å². The van der Waals surface area contributed by atoms with Crippen LogP contribution < -0.4 is 0 Å². The van der Waals surface area contributed by atoms with E-state index in [2.05, 4.69) is 21.3 Å². The fourth-order valence-corrected chi connectivity index (χ4v) is 4.08. The number of nitrogens with zero attached hydrogens (tertiary/aromatic N) is 3. The minimum atomic E-state index is -0.142. The largest absolute Gasteiger partial charge is 0.465 e. The molecule has 1 saturated carbocycles. The Bertz CT molecular complexity index is 523. The molecule has 0 N–H and O–H groups in total. The van der Waals surface area contributed by atoms with E-state index in [-0.39, 0.29) is 11.2 Å². The van der Waals surface area contributed by atoms with E-state index in [4.69, 9.17) is 4.74 Å². The Morgan fingerprint density at radius 3 is 2.76 bits per heavy atom. The summed E-state index contributed by atoms with van der Waals surface area (Å²) in [4.78, 5) is 11.6. The van der Waals surface area contributed by atoms with Crippen molar-refractivity contribution < 1.29 is 9.53 Å². The number of carbonyl (C=O) groups is 1. The Balaban J connectivity index is 1.81. The lowest BCUT2D eigenvalue weighted by molar-refractivity contribution is -0.137. The van der Waals surface area contributed by atoms with Crippen molar-refractivity contribution in [3.05, 3.63) is 18.5 Å². The molecule has 1 aliphatic heterocycles. The Morgan fingerprint density at radius 2 is 2.10 bits per heavy atom. The van der Waals surface area contributed by atoms with Gasteiger partial charge in [0.1, 0.15) is 11.1 Å². The first-order chi connectivity index (χ1) is 10.3. The SMILES string of the molecule is C=CCn1c(SC2CCOC2=O)nnc1C1CCCCC1. The number of cyclic esters (lactones) is 1. The average molecular weight is 307 g/mol. The van der Waals surface area contributed by atoms with Crippen LogP contribution in [0.5, 0.6) is 0 Å². The molecule has 1 atom stereocenters. The van der Waals surface area contributed by atoms with E-state index in [0.717, 1.165) is 17.4 Å². The van der Waals surface area contributed by atoms with Crippen LogP contribution in [0, 0.1) is 0 Å². The molecule has 1 saturated heterocycles. The smallest absolute Gasteiger partial charge is 0.319 e. The molecule has 1 aromatic rings. The maximum Gasteiger partial charge on any atom is 0.319 e. The average Bonchev–Trinajstić information content (AvgIpc) is 3.09. The lowest BCUT2D eigenvalue weighted by Crippen LogP contribution is -2.14. The normalized spacial score (nSPS) is 23.2. The standard InChI is InChI=1S/C15H21N3O2S/c1-2-9-18-13(11-6-4-3-5-7-11)16-17-15(18)21-12-8-10-20-14(12)19/h2,11-12H,1,3-10H2. The first kappa shape index (κ1) is 14.6. The summed E-state index contributed by atoms with van der Waals surface area (Å²) in [5.74, 6) is 1.42. The maximum absolute atomic E-state index is 11.6. The zero-order chi connectivity index (χ0) is 14.7. The summed E-state index contributed by atoms with van der Waals surface area (Å²) < 4.78 is 7.15. The monoisotopic (exact) mass is 307 g/mol. The molecule has 2 heterocycles. The molecule has 1 aromatic heterocycles. The van der Waals surface area contributed by atoms with E-state index in [1.54, 1.807) is 0 Å². The molecular weight excluding hydrogens is 286 g/mol. The minimum absolute atomic E-state index is 0.132. The van der Waals surface area contributed by atoms with E-state index in [1.165, 1.54) is 43.9 Å². The Kier molecular flexibility index (Phi) is 4.63. The predicted molar refractivity (Wildman–Crippen MR) is 81.3 cm³/mol. The zero-order valence-corrected chi connectivity index (χ0v) is 13.0. The predicted octanol–water partition coefficient (Wildman–Crippen LogP) is 2.92. The molecule has 2 fully saturated rings. The highest BCUT2D eigenvalue weighted by Gasteiger charge is 2.31. The second-order valence-corrected chi connectivity index (χ2v) is 6.81. The highest BCUT2D eigenvalue weighted by Crippen LogP contribution is 2.35. The van der Waals surface area contributed by atoms with E-state index >= 15 is 0 Å². The van der Waals surface area contributed by atoms with E-state index in [0.29, 0.717) is 19.1 Å². The number of aromatic nitrogens is 3. The molecule has 2 aliphatic rings. The minimum Gasteiger partial charge on any atom is -0.465 e. The summed E-state index contributed by atoms with van der Waals surface area (Å²) in [5, 5.41) is 9.42. The quantitative estimate of drug-likeness (QED) is 0.618. The fourth-order valence-electron chi connectivity index (χ4n) is 3.06. The number of hydrogen-bond acceptors (Lipinski definition) is 5. The number of rotatable bonds is 5. The van der Waals surface area contributed by atoms with Gasteiger partial charge in [-0.05, 0) is 12.8 Å². The summed E-state index contributed by atoms with van der Waals surface area (Å²) in [6, 6.07) is 0. The van der Waals surface area contributed by atoms with Gasteiger partial charge in [-0.2, -0.15) is 0 Å². The molecule has 21 heavy (non-hydrogen) atoms. The molecule has 0 amide bonds. The number of hydrogen-bond donors (Lipinski definition) is 0. The third-order valence-electron chi connectivity index (χ3n) is 4.16. The molecule has 5 nitrogen and oxygen atoms in total. The lowest BCUT2D eigenvalue weighted by atomic mass is 9.89. The Hall–Kier alpha value is -1.30. The van der Waals surface area contributed by atoms with Gasteiger partial charge >= 0.3 is 5.97 Å². The van der Waals surface area contributed by atoms with Crippen LogP contribution in [0.15, 0.2) is 17.8 Å². The van der Waals surface area contributed by atoms with Gasteiger partial charge in [0.2, 0.25) is 0 Å². The summed E-state index contributed by atoms with van der Waals surface area (Å²) in [6.07, 6.45) is 8.85. The number of esters is 1. The number of carbonyl (C=O) groups excluding carboxylic acids is 1. The van der Waals surface area contributed by atoms with E-state index in [1.807, 2.05) is 6.08 Å². The summed E-state index contributed by atoms with van der Waals surface area (Å²) in [5.41, 5.74) is 0. The van der Waals surface area contributed by atoms with Crippen LogP contribution in [0.2, 0.25) is 0 Å². The molecule has 1 unspecified atom stereocenters. The van der Waals surface area contributed by atoms with Crippen LogP contribution >= 0.6 is 11.8 Å². The van der Waals surface area contributed by atoms with E-state index in [9.17, 15) is 4.79 Å². The lowest BCUT2D eigenvalue weighted by Gasteiger charge is -2.21. The highest BCUT2D eigenvalue weighted by molar-refractivity contribution is 8.00. The first-order valence-electron chi connectivity index (χ1n) is 7.67. The van der Waals surface area contributed by atoms with E-state index < -0.39 is 0 Å². The molecule has 0 bridgehead atoms. The molecule has 0 aromatic carbocycles. The van der Waals surface area contributed by atoms with Gasteiger partial charge < -0.3 is 9.30 Å². The summed E-state index contributed by atoms with van der Waals surface area (Å²) in [7, 11) is 0. The van der Waals surface area contributed by atoms with Crippen LogP contribution in [0.1, 0.15) is 50.3 Å². The van der Waals surface area contributed by atoms with Crippen molar-refractivity contribution >= 4 is 17.7 Å². The Labute approximate surface area is 129 Å². The van der Waals surface area contributed by atoms with Crippen LogP contribution in [-0.4, -0.2) is 32.6 Å². The molecule has 6 heteroatoms. The van der Waals surface area contributed by atoms with Crippen LogP contribution in [0.3, 0.4) is 0 Å². The van der Waals surface area contributed by atoms with Crippen molar-refractivity contribution in [3.63, 3.8) is 0 Å². The van der Waals surface area contributed by atoms with Crippen LogP contribution in [0.4, 0.5) is 0 Å². The Morgan fingerprint density at radius 1 is 1.29 bits per heavy atom. The second kappa shape index (κ2) is 6.64. The first-order valence-corrected chi connectivity index (χ1v) is 8.55. The molecular formula is C15H21N3O2S. The third-order valence-corrected chi connectivity index (χ3v) is 5.39. The van der Waals surface area contributed by atoms with Crippen molar-refractivity contribution in [2.45, 2.75) is 61.4 Å². The number of thioether (sulfide) groups is 1. The molecule has 114 valence electrons. The van der Waals surface area contributed by atoms with Crippen molar-refractivity contribution in [3.8, 4) is 0 Å². The van der Waals surface area contributed by atoms with Gasteiger partial charge in [0, 0.05) is 18.9 Å². The zero-order valence-electron chi connectivity index (χ0n) is 12.2. The van der Waals surface area contributed by atoms with Crippen molar-refractivity contribution in [1.29, 1.82) is 0 Å².